The van der Waals surface area contributed by atoms with E-state index in [0.29, 0.717) is 6.42 Å². The van der Waals surface area contributed by atoms with Crippen molar-refractivity contribution in [1.29, 1.82) is 0 Å². The molecule has 5 atom stereocenters. The number of rotatable bonds is 12. The smallest absolute Gasteiger partial charge is 0.311 e. The molecule has 5 unspecified atom stereocenters. The van der Waals surface area contributed by atoms with Crippen molar-refractivity contribution in [3.63, 3.8) is 0 Å². The molecule has 0 amide bonds. The highest BCUT2D eigenvalue weighted by Crippen LogP contribution is 2.48. The molecular weight excluding hydrogens is 376 g/mol. The van der Waals surface area contributed by atoms with Crippen molar-refractivity contribution in [1.82, 2.24) is 0 Å². The van der Waals surface area contributed by atoms with Crippen LogP contribution in [0, 0.1) is 29.1 Å². The summed E-state index contributed by atoms with van der Waals surface area (Å²) in [4.78, 5) is 50.9. The van der Waals surface area contributed by atoms with E-state index in [2.05, 4.69) is 4.89 Å². The summed E-state index contributed by atoms with van der Waals surface area (Å²) >= 11 is 0. The van der Waals surface area contributed by atoms with Crippen molar-refractivity contribution in [3.05, 3.63) is 0 Å². The number of hydrogen-bond acceptors (Lipinski definition) is 8. The minimum absolute atomic E-state index is 0.0774. The maximum absolute atomic E-state index is 12.4. The van der Waals surface area contributed by atoms with Crippen molar-refractivity contribution in [2.24, 2.45) is 29.1 Å². The summed E-state index contributed by atoms with van der Waals surface area (Å²) in [5.41, 5.74) is -0.695. The summed E-state index contributed by atoms with van der Waals surface area (Å²) in [6.07, 6.45) is -0.867. The van der Waals surface area contributed by atoms with E-state index in [-0.39, 0.29) is 19.4 Å². The van der Waals surface area contributed by atoms with Crippen molar-refractivity contribution in [2.75, 3.05) is 13.2 Å². The van der Waals surface area contributed by atoms with Crippen LogP contribution in [0.4, 0.5) is 0 Å². The van der Waals surface area contributed by atoms with E-state index in [1.54, 1.807) is 13.8 Å². The zero-order valence-corrected chi connectivity index (χ0v) is 16.2. The first kappa shape index (κ1) is 24.0. The number of carboxylic acid groups (broad SMARTS) is 2. The molecule has 10 heteroatoms. The van der Waals surface area contributed by atoms with Crippen LogP contribution in [0.5, 0.6) is 0 Å². The Morgan fingerprint density at radius 3 is 2.07 bits per heavy atom. The van der Waals surface area contributed by atoms with Crippen LogP contribution in [0.1, 0.15) is 40.0 Å². The Labute approximate surface area is 162 Å². The minimum atomic E-state index is -1.43. The molecule has 1 aliphatic rings. The van der Waals surface area contributed by atoms with Gasteiger partial charge in [0.2, 0.25) is 0 Å². The van der Waals surface area contributed by atoms with Gasteiger partial charge in [-0.15, -0.1) is 0 Å². The van der Waals surface area contributed by atoms with Gasteiger partial charge < -0.3 is 20.1 Å². The number of aliphatic hydroxyl groups is 1. The lowest BCUT2D eigenvalue weighted by molar-refractivity contribution is -0.269. The lowest BCUT2D eigenvalue weighted by atomic mass is 9.55. The summed E-state index contributed by atoms with van der Waals surface area (Å²) in [6.45, 7) is 4.45. The maximum Gasteiger partial charge on any atom is 0.311 e. The third-order valence-corrected chi connectivity index (χ3v) is 5.47. The quantitative estimate of drug-likeness (QED) is 0.207. The van der Waals surface area contributed by atoms with E-state index in [1.807, 2.05) is 6.92 Å². The fourth-order valence-corrected chi connectivity index (χ4v) is 3.28. The zero-order chi connectivity index (χ0) is 21.6. The van der Waals surface area contributed by atoms with E-state index in [0.717, 1.165) is 0 Å². The van der Waals surface area contributed by atoms with Crippen LogP contribution in [-0.2, 0) is 28.8 Å². The van der Waals surface area contributed by atoms with Gasteiger partial charge in [-0.25, -0.2) is 4.89 Å². The number of aliphatic hydroxyl groups excluding tert-OH is 1. The monoisotopic (exact) mass is 404 g/mol. The fraction of sp³-hybridized carbons (Fsp3) is 0.778. The molecule has 0 bridgehead atoms. The van der Waals surface area contributed by atoms with Gasteiger partial charge in [0.15, 0.2) is 0 Å². The molecule has 160 valence electrons. The topological polar surface area (TPSA) is 168 Å². The second-order valence-corrected chi connectivity index (χ2v) is 7.71. The standard InChI is InChI=1S/C18H28O10/c1-4-18(2,3)17(25)27-7-9(19)5-6-11(20)12-10(8-28-26)13(15(21)22)14(12)16(23)24/h9-10,12-14,19,26H,4-8H2,1-3H3,(H,21,22)(H,23,24). The molecule has 1 aliphatic carbocycles. The lowest BCUT2D eigenvalue weighted by Gasteiger charge is -2.46. The molecule has 4 N–H and O–H groups in total. The second-order valence-electron chi connectivity index (χ2n) is 7.71. The van der Waals surface area contributed by atoms with Gasteiger partial charge >= 0.3 is 17.9 Å². The van der Waals surface area contributed by atoms with Crippen molar-refractivity contribution in [3.8, 4) is 0 Å². The molecule has 10 nitrogen and oxygen atoms in total. The zero-order valence-electron chi connectivity index (χ0n) is 16.2. The number of Topliss-reactive ketones (excluding diaryl/α,β-unsaturated/α-hetero) is 1. The van der Waals surface area contributed by atoms with Gasteiger partial charge in [-0.2, -0.15) is 0 Å². The molecule has 0 aromatic carbocycles. The predicted molar refractivity (Wildman–Crippen MR) is 93.1 cm³/mol. The Morgan fingerprint density at radius 2 is 1.61 bits per heavy atom. The highest BCUT2D eigenvalue weighted by Gasteiger charge is 2.60. The number of hydrogen-bond donors (Lipinski definition) is 4. The first-order valence-electron chi connectivity index (χ1n) is 9.07. The van der Waals surface area contributed by atoms with Crippen molar-refractivity contribution < 1.29 is 49.4 Å². The third kappa shape index (κ3) is 5.49. The van der Waals surface area contributed by atoms with Crippen LogP contribution in [0.3, 0.4) is 0 Å². The van der Waals surface area contributed by atoms with Gasteiger partial charge in [0.05, 0.1) is 30.0 Å². The number of carbonyl (C=O) groups excluding carboxylic acids is 2. The van der Waals surface area contributed by atoms with Gasteiger partial charge in [-0.05, 0) is 26.7 Å². The highest BCUT2D eigenvalue weighted by atomic mass is 17.1. The Kier molecular flexibility index (Phi) is 8.52. The van der Waals surface area contributed by atoms with E-state index in [4.69, 9.17) is 9.99 Å². The Bertz CT molecular complexity index is 599. The van der Waals surface area contributed by atoms with Crippen LogP contribution in [0.15, 0.2) is 0 Å². The predicted octanol–water partition coefficient (Wildman–Crippen LogP) is 0.813. The number of ether oxygens (including phenoxy) is 1. The largest absolute Gasteiger partial charge is 0.481 e. The third-order valence-electron chi connectivity index (χ3n) is 5.47. The van der Waals surface area contributed by atoms with E-state index >= 15 is 0 Å². The average molecular weight is 404 g/mol. The molecule has 0 saturated heterocycles. The number of esters is 1. The molecular formula is C18H28O10. The van der Waals surface area contributed by atoms with Gasteiger partial charge in [0, 0.05) is 18.3 Å². The summed E-state index contributed by atoms with van der Waals surface area (Å²) in [7, 11) is 0. The van der Waals surface area contributed by atoms with Crippen LogP contribution in [0.2, 0.25) is 0 Å². The normalized spacial score (nSPS) is 25.5. The second kappa shape index (κ2) is 9.94. The number of ketones is 1. The van der Waals surface area contributed by atoms with Crippen LogP contribution in [-0.4, -0.2) is 63.6 Å². The maximum atomic E-state index is 12.4. The number of aliphatic carboxylic acids is 2. The van der Waals surface area contributed by atoms with Gasteiger partial charge in [-0.1, -0.05) is 6.92 Å². The van der Waals surface area contributed by atoms with Gasteiger partial charge in [0.1, 0.15) is 12.4 Å². The molecule has 0 heterocycles. The minimum Gasteiger partial charge on any atom is -0.481 e. The molecule has 0 aromatic rings. The summed E-state index contributed by atoms with van der Waals surface area (Å²) < 4.78 is 5.04. The van der Waals surface area contributed by atoms with E-state index in [1.165, 1.54) is 0 Å². The van der Waals surface area contributed by atoms with E-state index < -0.39 is 65.5 Å². The summed E-state index contributed by atoms with van der Waals surface area (Å²) in [5, 5.41) is 37.0. The molecule has 1 fully saturated rings. The molecule has 0 aliphatic heterocycles. The molecule has 0 radical (unpaired) electrons. The molecule has 0 aromatic heterocycles. The molecule has 0 spiro atoms. The fourth-order valence-electron chi connectivity index (χ4n) is 3.28. The molecule has 1 saturated carbocycles. The lowest BCUT2D eigenvalue weighted by Crippen LogP contribution is -2.58. The van der Waals surface area contributed by atoms with Gasteiger partial charge in [-0.3, -0.25) is 24.4 Å². The average Bonchev–Trinajstić information content (AvgIpc) is 2.60. The molecule has 1 rings (SSSR count). The van der Waals surface area contributed by atoms with Crippen LogP contribution < -0.4 is 0 Å². The summed E-state index contributed by atoms with van der Waals surface area (Å²) in [6, 6.07) is 0. The van der Waals surface area contributed by atoms with Crippen molar-refractivity contribution in [2.45, 2.75) is 46.1 Å². The SMILES string of the molecule is CCC(C)(C)C(=O)OCC(O)CCC(=O)C1C(COO)C(C(=O)O)C1C(=O)O. The van der Waals surface area contributed by atoms with Crippen LogP contribution >= 0.6 is 0 Å². The number of carbonyl (C=O) groups is 4. The Morgan fingerprint density at radius 1 is 1.04 bits per heavy atom. The molecule has 28 heavy (non-hydrogen) atoms. The first-order valence-corrected chi connectivity index (χ1v) is 9.07. The van der Waals surface area contributed by atoms with Crippen molar-refractivity contribution >= 4 is 23.7 Å². The van der Waals surface area contributed by atoms with Crippen LogP contribution in [0.25, 0.3) is 0 Å². The Balaban J connectivity index is 2.64. The van der Waals surface area contributed by atoms with Gasteiger partial charge in [0.25, 0.3) is 0 Å². The Hall–Kier alpha value is -2.04. The van der Waals surface area contributed by atoms with E-state index in [9.17, 15) is 34.5 Å². The first-order chi connectivity index (χ1) is 13.0. The summed E-state index contributed by atoms with van der Waals surface area (Å²) in [5.74, 6) is -8.72. The number of carboxylic acids is 2. The highest BCUT2D eigenvalue weighted by molar-refractivity contribution is 5.93.